The van der Waals surface area contributed by atoms with Gasteiger partial charge in [-0.05, 0) is 50.6 Å². The zero-order valence-corrected chi connectivity index (χ0v) is 20.3. The van der Waals surface area contributed by atoms with Gasteiger partial charge in [0.25, 0.3) is 11.8 Å². The number of nitrogens with one attached hydrogen (secondary N) is 1. The number of benzene rings is 1. The molecular weight excluding hydrogens is 408 g/mol. The number of piperidine rings is 1. The fourth-order valence-electron chi connectivity index (χ4n) is 3.90. The van der Waals surface area contributed by atoms with Gasteiger partial charge in [-0.3, -0.25) is 14.4 Å². The molecule has 0 aliphatic carbocycles. The highest BCUT2D eigenvalue weighted by atomic mass is 16.5. The summed E-state index contributed by atoms with van der Waals surface area (Å²) in [6.07, 6.45) is 1.30. The Bertz CT molecular complexity index is 799. The maximum absolute atomic E-state index is 12.9. The number of hydrogen-bond donors (Lipinski definition) is 1. The minimum Gasteiger partial charge on any atom is -0.484 e. The third kappa shape index (κ3) is 7.82. The first-order chi connectivity index (χ1) is 15.0. The largest absolute Gasteiger partial charge is 0.484 e. The Kier molecular flexibility index (Phi) is 9.07. The third-order valence-corrected chi connectivity index (χ3v) is 5.58. The number of amides is 3. The maximum Gasteiger partial charge on any atom is 0.259 e. The molecule has 1 saturated heterocycles. The second-order valence-electron chi connectivity index (χ2n) is 9.79. The molecule has 0 radical (unpaired) electrons. The monoisotopic (exact) mass is 446 g/mol. The van der Waals surface area contributed by atoms with Crippen LogP contribution in [0.4, 0.5) is 0 Å². The number of likely N-dealkylation sites (N-methyl/N-ethyl adjacent to an activating group) is 1. The van der Waals surface area contributed by atoms with Crippen LogP contribution in [0.2, 0.25) is 0 Å². The van der Waals surface area contributed by atoms with Gasteiger partial charge in [0.2, 0.25) is 5.91 Å². The van der Waals surface area contributed by atoms with Gasteiger partial charge in [-0.2, -0.15) is 0 Å². The van der Waals surface area contributed by atoms with E-state index in [0.717, 1.165) is 6.54 Å². The highest BCUT2D eigenvalue weighted by molar-refractivity contribution is 5.94. The normalized spacial score (nSPS) is 14.9. The number of likely N-dealkylation sites (tertiary alicyclic amines) is 1. The molecule has 0 atom stereocenters. The van der Waals surface area contributed by atoms with Crippen molar-refractivity contribution in [3.8, 4) is 5.75 Å². The number of nitrogens with zero attached hydrogens (tertiary/aromatic N) is 3. The van der Waals surface area contributed by atoms with Gasteiger partial charge in [0.1, 0.15) is 5.75 Å². The van der Waals surface area contributed by atoms with Gasteiger partial charge in [-0.15, -0.1) is 0 Å². The van der Waals surface area contributed by atoms with E-state index in [1.807, 2.05) is 14.1 Å². The summed E-state index contributed by atoms with van der Waals surface area (Å²) in [5.74, 6) is 0.263. The summed E-state index contributed by atoms with van der Waals surface area (Å²) in [6, 6.07) is 6.89. The van der Waals surface area contributed by atoms with Crippen molar-refractivity contribution in [2.45, 2.75) is 26.7 Å². The van der Waals surface area contributed by atoms with Crippen molar-refractivity contribution in [3.05, 3.63) is 29.8 Å². The van der Waals surface area contributed by atoms with Gasteiger partial charge < -0.3 is 24.8 Å². The molecule has 1 heterocycles. The average Bonchev–Trinajstić information content (AvgIpc) is 2.74. The number of carbonyl (C=O) groups is 3. The van der Waals surface area contributed by atoms with Crippen LogP contribution in [0.3, 0.4) is 0 Å². The highest BCUT2D eigenvalue weighted by Gasteiger charge is 2.29. The molecule has 1 aliphatic heterocycles. The first-order valence-corrected chi connectivity index (χ1v) is 11.1. The molecule has 0 unspecified atom stereocenters. The Balaban J connectivity index is 1.85. The van der Waals surface area contributed by atoms with E-state index in [1.165, 1.54) is 4.90 Å². The Morgan fingerprint density at radius 3 is 2.38 bits per heavy atom. The van der Waals surface area contributed by atoms with Crippen LogP contribution in [0.5, 0.6) is 5.75 Å². The first-order valence-electron chi connectivity index (χ1n) is 11.1. The van der Waals surface area contributed by atoms with Crippen molar-refractivity contribution in [3.63, 3.8) is 0 Å². The summed E-state index contributed by atoms with van der Waals surface area (Å²) in [7, 11) is 7.39. The zero-order valence-electron chi connectivity index (χ0n) is 20.3. The van der Waals surface area contributed by atoms with E-state index in [0.29, 0.717) is 43.8 Å². The van der Waals surface area contributed by atoms with Crippen LogP contribution in [-0.4, -0.2) is 93.4 Å². The lowest BCUT2D eigenvalue weighted by Gasteiger charge is -2.33. The van der Waals surface area contributed by atoms with Crippen molar-refractivity contribution in [1.82, 2.24) is 20.0 Å². The lowest BCUT2D eigenvalue weighted by Crippen LogP contribution is -2.46. The van der Waals surface area contributed by atoms with E-state index in [4.69, 9.17) is 4.74 Å². The molecule has 0 saturated carbocycles. The summed E-state index contributed by atoms with van der Waals surface area (Å²) < 4.78 is 5.52. The predicted octanol–water partition coefficient (Wildman–Crippen LogP) is 1.71. The third-order valence-electron chi connectivity index (χ3n) is 5.58. The lowest BCUT2D eigenvalue weighted by atomic mass is 9.91. The second kappa shape index (κ2) is 11.3. The number of carbonyl (C=O) groups excluding carboxylic acids is 3. The fourth-order valence-corrected chi connectivity index (χ4v) is 3.90. The molecule has 0 spiro atoms. The highest BCUT2D eigenvalue weighted by Crippen LogP contribution is 2.22. The summed E-state index contributed by atoms with van der Waals surface area (Å²) in [6.45, 7) is 6.82. The van der Waals surface area contributed by atoms with Crippen LogP contribution in [0.1, 0.15) is 37.0 Å². The molecule has 2 rings (SSSR count). The van der Waals surface area contributed by atoms with Crippen LogP contribution in [0.25, 0.3) is 0 Å². The number of hydrogen-bond acceptors (Lipinski definition) is 5. The van der Waals surface area contributed by atoms with Crippen LogP contribution in [0, 0.1) is 11.3 Å². The molecule has 1 N–H and O–H groups in total. The minimum absolute atomic E-state index is 0.0000720. The van der Waals surface area contributed by atoms with Gasteiger partial charge in [-0.25, -0.2) is 0 Å². The SMILES string of the molecule is CN(C)CC(C)(C)CNC(=O)C1CCN(C(=O)c2cccc(OCC(=O)N(C)C)c2)CC1. The van der Waals surface area contributed by atoms with Crippen molar-refractivity contribution in [2.75, 3.05) is 61.0 Å². The minimum atomic E-state index is -0.146. The molecule has 1 aromatic rings. The van der Waals surface area contributed by atoms with Crippen LogP contribution in [-0.2, 0) is 9.59 Å². The smallest absolute Gasteiger partial charge is 0.259 e. The number of rotatable bonds is 9. The molecule has 8 nitrogen and oxygen atoms in total. The molecule has 3 amide bonds. The fraction of sp³-hybridized carbons (Fsp3) is 0.625. The summed E-state index contributed by atoms with van der Waals surface area (Å²) >= 11 is 0. The first kappa shape index (κ1) is 25.6. The Morgan fingerprint density at radius 1 is 1.12 bits per heavy atom. The molecule has 0 aromatic heterocycles. The van der Waals surface area contributed by atoms with Crippen molar-refractivity contribution >= 4 is 17.7 Å². The van der Waals surface area contributed by atoms with Crippen molar-refractivity contribution in [1.29, 1.82) is 0 Å². The van der Waals surface area contributed by atoms with Crippen molar-refractivity contribution in [2.24, 2.45) is 11.3 Å². The Hall–Kier alpha value is -2.61. The van der Waals surface area contributed by atoms with Gasteiger partial charge >= 0.3 is 0 Å². The zero-order chi connectivity index (χ0) is 23.9. The quantitative estimate of drug-likeness (QED) is 0.625. The van der Waals surface area contributed by atoms with E-state index in [9.17, 15) is 14.4 Å². The van der Waals surface area contributed by atoms with Crippen molar-refractivity contribution < 1.29 is 19.1 Å². The maximum atomic E-state index is 12.9. The molecule has 32 heavy (non-hydrogen) atoms. The Morgan fingerprint density at radius 2 is 1.78 bits per heavy atom. The number of ether oxygens (including phenoxy) is 1. The van der Waals surface area contributed by atoms with Gasteiger partial charge in [0, 0.05) is 51.8 Å². The van der Waals surface area contributed by atoms with Crippen LogP contribution >= 0.6 is 0 Å². The summed E-state index contributed by atoms with van der Waals surface area (Å²) in [5, 5.41) is 3.10. The molecule has 0 bridgehead atoms. The molecule has 1 fully saturated rings. The van der Waals surface area contributed by atoms with E-state index < -0.39 is 0 Å². The lowest BCUT2D eigenvalue weighted by molar-refractivity contribution is -0.130. The Labute approximate surface area is 191 Å². The van der Waals surface area contributed by atoms with E-state index >= 15 is 0 Å². The topological polar surface area (TPSA) is 82.2 Å². The molecular formula is C24H38N4O4. The summed E-state index contributed by atoms with van der Waals surface area (Å²) in [4.78, 5) is 42.6. The molecule has 178 valence electrons. The van der Waals surface area contributed by atoms with Crippen LogP contribution < -0.4 is 10.1 Å². The van der Waals surface area contributed by atoms with E-state index in [1.54, 1.807) is 43.3 Å². The molecule has 1 aromatic carbocycles. The van der Waals surface area contributed by atoms with E-state index in [-0.39, 0.29) is 35.7 Å². The predicted molar refractivity (Wildman–Crippen MR) is 125 cm³/mol. The second-order valence-corrected chi connectivity index (χ2v) is 9.79. The van der Waals surface area contributed by atoms with E-state index in [2.05, 4.69) is 24.1 Å². The average molecular weight is 447 g/mol. The van der Waals surface area contributed by atoms with Gasteiger partial charge in [-0.1, -0.05) is 19.9 Å². The molecule has 8 heteroatoms. The standard InChI is InChI=1S/C24H38N4O4/c1-24(2,17-26(3)4)16-25-22(30)18-10-12-28(13-11-18)23(31)19-8-7-9-20(14-19)32-15-21(29)27(5)6/h7-9,14,18H,10-13,15-17H2,1-6H3,(H,25,30). The molecule has 1 aliphatic rings. The van der Waals surface area contributed by atoms with Crippen LogP contribution in [0.15, 0.2) is 24.3 Å². The van der Waals surface area contributed by atoms with Gasteiger partial charge in [0.05, 0.1) is 0 Å². The van der Waals surface area contributed by atoms with Gasteiger partial charge in [0.15, 0.2) is 6.61 Å². The summed E-state index contributed by atoms with van der Waals surface area (Å²) in [5.41, 5.74) is 0.521.